The third-order valence-corrected chi connectivity index (χ3v) is 6.20. The second kappa shape index (κ2) is 7.54. The second-order valence-electron chi connectivity index (χ2n) is 7.94. The van der Waals surface area contributed by atoms with Gasteiger partial charge in [0, 0.05) is 19.1 Å². The number of hydrogen-bond acceptors (Lipinski definition) is 2. The van der Waals surface area contributed by atoms with E-state index >= 15 is 0 Å². The number of carbonyl (C=O) groups excluding carboxylic acids is 1. The van der Waals surface area contributed by atoms with E-state index in [0.717, 1.165) is 18.8 Å². The van der Waals surface area contributed by atoms with Crippen LogP contribution in [-0.4, -0.2) is 41.1 Å². The van der Waals surface area contributed by atoms with Crippen molar-refractivity contribution in [2.75, 3.05) is 13.1 Å². The first-order chi connectivity index (χ1) is 10.8. The Morgan fingerprint density at radius 2 is 1.65 bits per heavy atom. The number of rotatable bonds is 4. The van der Waals surface area contributed by atoms with Crippen LogP contribution in [0.4, 0.5) is 4.79 Å². The molecular formula is C18H32N2O3. The van der Waals surface area contributed by atoms with Gasteiger partial charge in [0.1, 0.15) is 0 Å². The van der Waals surface area contributed by atoms with Crippen LogP contribution in [0, 0.1) is 17.3 Å². The van der Waals surface area contributed by atoms with Gasteiger partial charge in [-0.15, -0.1) is 0 Å². The molecule has 5 heteroatoms. The quantitative estimate of drug-likeness (QED) is 0.831. The number of nitrogens with zero attached hydrogens (tertiary/aromatic N) is 1. The van der Waals surface area contributed by atoms with Gasteiger partial charge in [0.05, 0.1) is 5.92 Å². The Bertz CT molecular complexity index is 420. The largest absolute Gasteiger partial charge is 0.481 e. The van der Waals surface area contributed by atoms with Gasteiger partial charge >= 0.3 is 12.0 Å². The van der Waals surface area contributed by atoms with Crippen molar-refractivity contribution in [2.45, 2.75) is 71.8 Å². The fourth-order valence-electron chi connectivity index (χ4n) is 3.90. The molecule has 5 nitrogen and oxygen atoms in total. The monoisotopic (exact) mass is 324 g/mol. The van der Waals surface area contributed by atoms with E-state index < -0.39 is 5.97 Å². The van der Waals surface area contributed by atoms with E-state index in [-0.39, 0.29) is 18.0 Å². The Morgan fingerprint density at radius 1 is 1.09 bits per heavy atom. The van der Waals surface area contributed by atoms with Gasteiger partial charge in [-0.1, -0.05) is 27.2 Å². The van der Waals surface area contributed by atoms with E-state index in [9.17, 15) is 9.59 Å². The zero-order valence-electron chi connectivity index (χ0n) is 14.8. The van der Waals surface area contributed by atoms with Crippen molar-refractivity contribution in [1.29, 1.82) is 0 Å². The maximum Gasteiger partial charge on any atom is 0.317 e. The van der Waals surface area contributed by atoms with Crippen LogP contribution in [0.2, 0.25) is 0 Å². The number of amides is 2. The minimum atomic E-state index is -0.734. The zero-order chi connectivity index (χ0) is 17.0. The summed E-state index contributed by atoms with van der Waals surface area (Å²) >= 11 is 0. The summed E-state index contributed by atoms with van der Waals surface area (Å²) in [5, 5.41) is 12.2. The Kier molecular flexibility index (Phi) is 5.93. The highest BCUT2D eigenvalue weighted by Gasteiger charge is 2.33. The van der Waals surface area contributed by atoms with Gasteiger partial charge in [0.25, 0.3) is 0 Å². The van der Waals surface area contributed by atoms with E-state index in [2.05, 4.69) is 26.1 Å². The number of carboxylic acids is 1. The lowest BCUT2D eigenvalue weighted by atomic mass is 9.69. The number of urea groups is 1. The molecule has 0 bridgehead atoms. The van der Waals surface area contributed by atoms with Crippen molar-refractivity contribution in [3.63, 3.8) is 0 Å². The molecule has 0 radical (unpaired) electrons. The standard InChI is InChI=1S/C18H32N2O3/c1-4-18(2,3)14-5-7-15(8-6-14)19-17(23)20-11-9-13(10-12-20)16(21)22/h13-15H,4-12H2,1-3H3,(H,19,23)(H,21,22). The Hall–Kier alpha value is -1.26. The molecule has 2 amide bonds. The minimum Gasteiger partial charge on any atom is -0.481 e. The number of likely N-dealkylation sites (tertiary alicyclic amines) is 1. The number of carbonyl (C=O) groups is 2. The van der Waals surface area contributed by atoms with Crippen molar-refractivity contribution in [1.82, 2.24) is 10.2 Å². The lowest BCUT2D eigenvalue weighted by Crippen LogP contribution is -2.49. The normalized spacial score (nSPS) is 26.8. The lowest BCUT2D eigenvalue weighted by Gasteiger charge is -2.39. The van der Waals surface area contributed by atoms with Crippen LogP contribution in [0.15, 0.2) is 0 Å². The highest BCUT2D eigenvalue weighted by molar-refractivity contribution is 5.75. The van der Waals surface area contributed by atoms with Crippen LogP contribution in [0.25, 0.3) is 0 Å². The first kappa shape index (κ1) is 18.1. The molecule has 2 N–H and O–H groups in total. The molecule has 1 aliphatic carbocycles. The zero-order valence-corrected chi connectivity index (χ0v) is 14.8. The van der Waals surface area contributed by atoms with Crippen molar-refractivity contribution in [3.05, 3.63) is 0 Å². The molecule has 2 aliphatic rings. The fourth-order valence-corrected chi connectivity index (χ4v) is 3.90. The molecule has 0 aromatic heterocycles. The van der Waals surface area contributed by atoms with Gasteiger partial charge in [-0.2, -0.15) is 0 Å². The molecule has 0 spiro atoms. The van der Waals surface area contributed by atoms with E-state index in [1.165, 1.54) is 19.3 Å². The Morgan fingerprint density at radius 3 is 2.13 bits per heavy atom. The SMILES string of the molecule is CCC(C)(C)C1CCC(NC(=O)N2CCC(C(=O)O)CC2)CC1. The summed E-state index contributed by atoms with van der Waals surface area (Å²) in [5.41, 5.74) is 0.397. The van der Waals surface area contributed by atoms with Gasteiger partial charge in [-0.05, 0) is 49.9 Å². The molecule has 1 saturated carbocycles. The van der Waals surface area contributed by atoms with E-state index in [4.69, 9.17) is 5.11 Å². The maximum atomic E-state index is 12.3. The summed E-state index contributed by atoms with van der Waals surface area (Å²) < 4.78 is 0. The highest BCUT2D eigenvalue weighted by Crippen LogP contribution is 2.40. The van der Waals surface area contributed by atoms with Gasteiger partial charge in [-0.25, -0.2) is 4.79 Å². The molecule has 0 aromatic rings. The maximum absolute atomic E-state index is 12.3. The fraction of sp³-hybridized carbons (Fsp3) is 0.889. The first-order valence-electron chi connectivity index (χ1n) is 9.11. The average Bonchev–Trinajstić information content (AvgIpc) is 2.55. The van der Waals surface area contributed by atoms with E-state index in [1.54, 1.807) is 4.90 Å². The van der Waals surface area contributed by atoms with Gasteiger partial charge in [-0.3, -0.25) is 4.79 Å². The predicted molar refractivity (Wildman–Crippen MR) is 90.3 cm³/mol. The molecule has 132 valence electrons. The van der Waals surface area contributed by atoms with Crippen molar-refractivity contribution >= 4 is 12.0 Å². The van der Waals surface area contributed by atoms with E-state index in [0.29, 0.717) is 31.3 Å². The van der Waals surface area contributed by atoms with Crippen molar-refractivity contribution in [3.8, 4) is 0 Å². The molecule has 0 atom stereocenters. The Labute approximate surface area is 139 Å². The summed E-state index contributed by atoms with van der Waals surface area (Å²) in [6.45, 7) is 8.07. The molecular weight excluding hydrogens is 292 g/mol. The third kappa shape index (κ3) is 4.61. The van der Waals surface area contributed by atoms with E-state index in [1.807, 2.05) is 0 Å². The molecule has 23 heavy (non-hydrogen) atoms. The molecule has 0 unspecified atom stereocenters. The Balaban J connectivity index is 1.74. The van der Waals surface area contributed by atoms with Crippen LogP contribution < -0.4 is 5.32 Å². The van der Waals surface area contributed by atoms with Crippen LogP contribution in [-0.2, 0) is 4.79 Å². The molecule has 0 aromatic carbocycles. The molecule has 2 fully saturated rings. The molecule has 1 aliphatic heterocycles. The van der Waals surface area contributed by atoms with Gasteiger partial charge < -0.3 is 15.3 Å². The van der Waals surface area contributed by atoms with Gasteiger partial charge in [0.2, 0.25) is 0 Å². The van der Waals surface area contributed by atoms with Crippen LogP contribution >= 0.6 is 0 Å². The average molecular weight is 324 g/mol. The predicted octanol–water partition coefficient (Wildman–Crippen LogP) is 3.49. The lowest BCUT2D eigenvalue weighted by molar-refractivity contribution is -0.143. The second-order valence-corrected chi connectivity index (χ2v) is 7.94. The number of nitrogens with one attached hydrogen (secondary N) is 1. The van der Waals surface area contributed by atoms with Crippen molar-refractivity contribution in [2.24, 2.45) is 17.3 Å². The smallest absolute Gasteiger partial charge is 0.317 e. The van der Waals surface area contributed by atoms with Crippen molar-refractivity contribution < 1.29 is 14.7 Å². The summed E-state index contributed by atoms with van der Waals surface area (Å²) in [6.07, 6.45) is 6.84. The molecule has 1 heterocycles. The summed E-state index contributed by atoms with van der Waals surface area (Å²) in [7, 11) is 0. The van der Waals surface area contributed by atoms with Crippen LogP contribution in [0.5, 0.6) is 0 Å². The summed E-state index contributed by atoms with van der Waals surface area (Å²) in [6, 6.07) is 0.274. The number of aliphatic carboxylic acids is 1. The highest BCUT2D eigenvalue weighted by atomic mass is 16.4. The summed E-state index contributed by atoms with van der Waals surface area (Å²) in [4.78, 5) is 25.1. The number of carboxylic acid groups (broad SMARTS) is 1. The minimum absolute atomic E-state index is 0.00737. The molecule has 2 rings (SSSR count). The topological polar surface area (TPSA) is 69.6 Å². The van der Waals surface area contributed by atoms with Crippen LogP contribution in [0.1, 0.15) is 65.7 Å². The third-order valence-electron chi connectivity index (χ3n) is 6.20. The van der Waals surface area contributed by atoms with Gasteiger partial charge in [0.15, 0.2) is 0 Å². The number of piperidine rings is 1. The van der Waals surface area contributed by atoms with Crippen LogP contribution in [0.3, 0.4) is 0 Å². The number of hydrogen-bond donors (Lipinski definition) is 2. The first-order valence-corrected chi connectivity index (χ1v) is 9.11. The molecule has 1 saturated heterocycles. The summed E-state index contributed by atoms with van der Waals surface area (Å²) in [5.74, 6) is -0.264.